The lowest BCUT2D eigenvalue weighted by Gasteiger charge is -2.17. The smallest absolute Gasteiger partial charge is 0.341 e. The van der Waals surface area contributed by atoms with Gasteiger partial charge >= 0.3 is 5.97 Å². The fraction of sp³-hybridized carbons (Fsp3) is 0.318. The SMILES string of the molecule is CO/N=C1\Cc2cc(-c3ccc4c(=O)c(C(=O)O)cn(C5CC5)c4c3OC)sc2C1. The Morgan fingerprint density at radius 3 is 2.70 bits per heavy atom. The highest BCUT2D eigenvalue weighted by atomic mass is 32.1. The zero-order valence-electron chi connectivity index (χ0n) is 16.6. The number of aromatic carboxylic acids is 1. The van der Waals surface area contributed by atoms with Crippen LogP contribution in [0, 0.1) is 0 Å². The second kappa shape index (κ2) is 6.98. The molecule has 0 unspecified atom stereocenters. The quantitative estimate of drug-likeness (QED) is 0.628. The predicted octanol–water partition coefficient (Wildman–Crippen LogP) is 3.87. The minimum absolute atomic E-state index is 0.191. The molecular formula is C22H20N2O5S. The average Bonchev–Trinajstić information content (AvgIpc) is 3.39. The first-order valence-corrected chi connectivity index (χ1v) is 10.5. The van der Waals surface area contributed by atoms with Gasteiger partial charge in [0, 0.05) is 40.4 Å². The number of thiophene rings is 1. The topological polar surface area (TPSA) is 90.1 Å². The third kappa shape index (κ3) is 2.90. The van der Waals surface area contributed by atoms with Crippen molar-refractivity contribution in [3.63, 3.8) is 0 Å². The first-order valence-electron chi connectivity index (χ1n) is 9.71. The van der Waals surface area contributed by atoms with E-state index >= 15 is 0 Å². The van der Waals surface area contributed by atoms with Crippen molar-refractivity contribution in [1.82, 2.24) is 4.57 Å². The van der Waals surface area contributed by atoms with Crippen molar-refractivity contribution < 1.29 is 19.5 Å². The van der Waals surface area contributed by atoms with Gasteiger partial charge in [-0.3, -0.25) is 4.79 Å². The van der Waals surface area contributed by atoms with E-state index in [4.69, 9.17) is 9.57 Å². The summed E-state index contributed by atoms with van der Waals surface area (Å²) in [6, 6.07) is 5.92. The monoisotopic (exact) mass is 424 g/mol. The van der Waals surface area contributed by atoms with Crippen LogP contribution in [0.4, 0.5) is 0 Å². The standard InChI is InChI=1S/C22H20N2O5S/c1-28-21-14(18-8-11-7-12(23-29-2)9-17(11)30-18)5-6-15-19(21)24(13-3-4-13)10-16(20(15)25)22(26)27/h5-6,8,10,13H,3-4,7,9H2,1-2H3,(H,26,27)/b23-12+. The van der Waals surface area contributed by atoms with Crippen molar-refractivity contribution in [1.29, 1.82) is 0 Å². The van der Waals surface area contributed by atoms with E-state index in [1.165, 1.54) is 16.6 Å². The van der Waals surface area contributed by atoms with Crippen LogP contribution in [0.2, 0.25) is 0 Å². The molecule has 2 heterocycles. The Kier molecular flexibility index (Phi) is 4.39. The fourth-order valence-corrected chi connectivity index (χ4v) is 5.41. The van der Waals surface area contributed by atoms with Crippen molar-refractivity contribution in [2.75, 3.05) is 14.2 Å². The van der Waals surface area contributed by atoms with Gasteiger partial charge < -0.3 is 19.2 Å². The predicted molar refractivity (Wildman–Crippen MR) is 115 cm³/mol. The van der Waals surface area contributed by atoms with E-state index in [0.717, 1.165) is 41.8 Å². The number of pyridine rings is 1. The number of rotatable bonds is 5. The van der Waals surface area contributed by atoms with Crippen molar-refractivity contribution in [2.24, 2.45) is 5.16 Å². The highest BCUT2D eigenvalue weighted by Gasteiger charge is 2.30. The Bertz CT molecular complexity index is 1260. The van der Waals surface area contributed by atoms with Gasteiger partial charge in [0.1, 0.15) is 12.7 Å². The van der Waals surface area contributed by atoms with Crippen LogP contribution < -0.4 is 10.2 Å². The molecule has 7 nitrogen and oxygen atoms in total. The van der Waals surface area contributed by atoms with Gasteiger partial charge in [-0.25, -0.2) is 4.79 Å². The number of benzene rings is 1. The van der Waals surface area contributed by atoms with Crippen LogP contribution in [0.5, 0.6) is 5.75 Å². The largest absolute Gasteiger partial charge is 0.494 e. The van der Waals surface area contributed by atoms with Gasteiger partial charge in [-0.05, 0) is 36.6 Å². The minimum Gasteiger partial charge on any atom is -0.494 e. The van der Waals surface area contributed by atoms with Crippen LogP contribution in [0.1, 0.15) is 39.7 Å². The average molecular weight is 424 g/mol. The molecule has 0 aliphatic heterocycles. The Hall–Kier alpha value is -3.13. The van der Waals surface area contributed by atoms with Gasteiger partial charge in [0.2, 0.25) is 5.43 Å². The summed E-state index contributed by atoms with van der Waals surface area (Å²) >= 11 is 1.69. The first-order chi connectivity index (χ1) is 14.5. The maximum atomic E-state index is 12.8. The van der Waals surface area contributed by atoms with Crippen LogP contribution in [0.15, 0.2) is 34.3 Å². The van der Waals surface area contributed by atoms with Gasteiger partial charge in [-0.1, -0.05) is 5.16 Å². The van der Waals surface area contributed by atoms with Crippen LogP contribution in [-0.4, -0.2) is 35.6 Å². The van der Waals surface area contributed by atoms with E-state index < -0.39 is 11.4 Å². The van der Waals surface area contributed by atoms with Crippen molar-refractivity contribution in [3.05, 3.63) is 50.6 Å². The summed E-state index contributed by atoms with van der Waals surface area (Å²) in [7, 11) is 3.15. The second-order valence-corrected chi connectivity index (χ2v) is 8.75. The molecule has 8 heteroatoms. The first kappa shape index (κ1) is 18.9. The van der Waals surface area contributed by atoms with Crippen molar-refractivity contribution >= 4 is 33.9 Å². The number of methoxy groups -OCH3 is 1. The van der Waals surface area contributed by atoms with Crippen LogP contribution >= 0.6 is 11.3 Å². The molecule has 1 N–H and O–H groups in total. The molecule has 1 fully saturated rings. The molecular weight excluding hydrogens is 404 g/mol. The third-order valence-electron chi connectivity index (χ3n) is 5.66. The summed E-state index contributed by atoms with van der Waals surface area (Å²) in [5, 5.41) is 13.9. The Balaban J connectivity index is 1.70. The maximum absolute atomic E-state index is 12.8. The Labute approximate surface area is 176 Å². The van der Waals surface area contributed by atoms with E-state index in [0.29, 0.717) is 16.7 Å². The highest BCUT2D eigenvalue weighted by Crippen LogP contribution is 2.45. The number of ether oxygens (including phenoxy) is 1. The second-order valence-electron chi connectivity index (χ2n) is 7.61. The number of carboxylic acids is 1. The molecule has 0 spiro atoms. The molecule has 2 aliphatic carbocycles. The van der Waals surface area contributed by atoms with E-state index in [1.807, 2.05) is 10.6 Å². The van der Waals surface area contributed by atoms with Crippen molar-refractivity contribution in [3.8, 4) is 16.2 Å². The van der Waals surface area contributed by atoms with Gasteiger partial charge in [0.25, 0.3) is 0 Å². The number of carbonyl (C=O) groups is 1. The normalized spacial score (nSPS) is 16.8. The lowest BCUT2D eigenvalue weighted by atomic mass is 10.0. The lowest BCUT2D eigenvalue weighted by molar-refractivity contribution is 0.0695. The van der Waals surface area contributed by atoms with Gasteiger partial charge in [-0.2, -0.15) is 0 Å². The summed E-state index contributed by atoms with van der Waals surface area (Å²) in [5.41, 5.74) is 3.14. The Morgan fingerprint density at radius 2 is 2.07 bits per heavy atom. The number of carboxylic acid groups (broad SMARTS) is 1. The molecule has 0 amide bonds. The minimum atomic E-state index is -1.21. The van der Waals surface area contributed by atoms with Crippen molar-refractivity contribution in [2.45, 2.75) is 31.7 Å². The van der Waals surface area contributed by atoms with Crippen LogP contribution in [-0.2, 0) is 17.7 Å². The molecule has 0 saturated heterocycles. The molecule has 3 aromatic rings. The number of hydrogen-bond acceptors (Lipinski definition) is 6. The van der Waals surface area contributed by atoms with E-state index in [2.05, 4.69) is 11.2 Å². The lowest BCUT2D eigenvalue weighted by Crippen LogP contribution is -2.19. The summed E-state index contributed by atoms with van der Waals surface area (Å²) in [6.45, 7) is 0. The number of nitrogens with zero attached hydrogens (tertiary/aromatic N) is 2. The molecule has 2 aliphatic rings. The Morgan fingerprint density at radius 1 is 1.27 bits per heavy atom. The van der Waals surface area contributed by atoms with Gasteiger partial charge in [0.05, 0.1) is 23.7 Å². The van der Waals surface area contributed by atoms with E-state index in [-0.39, 0.29) is 11.6 Å². The van der Waals surface area contributed by atoms with Gasteiger partial charge in [0.15, 0.2) is 5.75 Å². The molecule has 0 atom stereocenters. The summed E-state index contributed by atoms with van der Waals surface area (Å²) in [5.74, 6) is -0.596. The molecule has 154 valence electrons. The molecule has 5 rings (SSSR count). The number of hydrogen-bond donors (Lipinski definition) is 1. The molecule has 1 saturated carbocycles. The molecule has 2 aromatic heterocycles. The number of fused-ring (bicyclic) bond motifs is 2. The van der Waals surface area contributed by atoms with E-state index in [9.17, 15) is 14.7 Å². The summed E-state index contributed by atoms with van der Waals surface area (Å²) < 4.78 is 7.71. The van der Waals surface area contributed by atoms with E-state index in [1.54, 1.807) is 31.6 Å². The molecule has 0 radical (unpaired) electrons. The molecule has 30 heavy (non-hydrogen) atoms. The fourth-order valence-electron chi connectivity index (χ4n) is 4.17. The molecule has 0 bridgehead atoms. The highest BCUT2D eigenvalue weighted by molar-refractivity contribution is 7.16. The van der Waals surface area contributed by atoms with Crippen LogP contribution in [0.3, 0.4) is 0 Å². The van der Waals surface area contributed by atoms with Crippen LogP contribution in [0.25, 0.3) is 21.3 Å². The number of aromatic nitrogens is 1. The summed E-state index contributed by atoms with van der Waals surface area (Å²) in [6.07, 6.45) is 4.93. The number of oxime groups is 1. The molecule has 1 aromatic carbocycles. The van der Waals surface area contributed by atoms with Gasteiger partial charge in [-0.15, -0.1) is 11.3 Å². The zero-order valence-corrected chi connectivity index (χ0v) is 17.4. The summed E-state index contributed by atoms with van der Waals surface area (Å²) in [4.78, 5) is 31.6. The zero-order chi connectivity index (χ0) is 21.0. The maximum Gasteiger partial charge on any atom is 0.341 e. The third-order valence-corrected chi connectivity index (χ3v) is 6.87.